The third-order valence-corrected chi connectivity index (χ3v) is 4.36. The van der Waals surface area contributed by atoms with Crippen LogP contribution in [0, 0.1) is 0 Å². The lowest BCUT2D eigenvalue weighted by atomic mass is 9.97. The first-order chi connectivity index (χ1) is 11.3. The predicted octanol–water partition coefficient (Wildman–Crippen LogP) is 2.72. The second-order valence-corrected chi connectivity index (χ2v) is 5.79. The SMILES string of the molecule is O=C(c1ccc2n[nH]nc2c1)N1CCCC[C@H]1c1ccccn1. The summed E-state index contributed by atoms with van der Waals surface area (Å²) in [5, 5.41) is 10.7. The number of carbonyl (C=O) groups is 1. The summed E-state index contributed by atoms with van der Waals surface area (Å²) in [6.45, 7) is 0.761. The van der Waals surface area contributed by atoms with Crippen LogP contribution in [0.25, 0.3) is 11.0 Å². The van der Waals surface area contributed by atoms with Gasteiger partial charge in [-0.2, -0.15) is 15.4 Å². The third kappa shape index (κ3) is 2.56. The predicted molar refractivity (Wildman–Crippen MR) is 85.8 cm³/mol. The molecule has 0 radical (unpaired) electrons. The molecule has 1 saturated heterocycles. The smallest absolute Gasteiger partial charge is 0.254 e. The number of hydrogen-bond donors (Lipinski definition) is 1. The highest BCUT2D eigenvalue weighted by atomic mass is 16.2. The molecule has 23 heavy (non-hydrogen) atoms. The van der Waals surface area contributed by atoms with Crippen molar-refractivity contribution in [2.45, 2.75) is 25.3 Å². The molecular formula is C17H17N5O. The minimum Gasteiger partial charge on any atom is -0.330 e. The fourth-order valence-corrected chi connectivity index (χ4v) is 3.19. The van der Waals surface area contributed by atoms with Crippen LogP contribution in [0.1, 0.15) is 41.4 Å². The van der Waals surface area contributed by atoms with Crippen LogP contribution >= 0.6 is 0 Å². The highest BCUT2D eigenvalue weighted by molar-refractivity contribution is 5.97. The number of rotatable bonds is 2. The Balaban J connectivity index is 1.67. The molecule has 3 aromatic rings. The molecular weight excluding hydrogens is 290 g/mol. The zero-order valence-electron chi connectivity index (χ0n) is 12.6. The molecule has 1 fully saturated rings. The molecule has 6 nitrogen and oxygen atoms in total. The summed E-state index contributed by atoms with van der Waals surface area (Å²) in [6.07, 6.45) is 4.89. The molecule has 0 saturated carbocycles. The van der Waals surface area contributed by atoms with E-state index in [0.717, 1.165) is 37.0 Å². The van der Waals surface area contributed by atoms with Crippen molar-refractivity contribution in [2.24, 2.45) is 0 Å². The molecule has 116 valence electrons. The van der Waals surface area contributed by atoms with Gasteiger partial charge in [-0.3, -0.25) is 9.78 Å². The average Bonchev–Trinajstić information content (AvgIpc) is 3.09. The topological polar surface area (TPSA) is 74.8 Å². The molecule has 1 aromatic carbocycles. The number of H-pyrrole nitrogens is 1. The highest BCUT2D eigenvalue weighted by Crippen LogP contribution is 2.31. The Morgan fingerprint density at radius 2 is 2.04 bits per heavy atom. The number of likely N-dealkylation sites (tertiary alicyclic amines) is 1. The maximum atomic E-state index is 13.0. The Morgan fingerprint density at radius 3 is 2.91 bits per heavy atom. The fraction of sp³-hybridized carbons (Fsp3) is 0.294. The summed E-state index contributed by atoms with van der Waals surface area (Å²) in [5.41, 5.74) is 3.08. The van der Waals surface area contributed by atoms with Gasteiger partial charge in [0.05, 0.1) is 11.7 Å². The number of aromatic amines is 1. The first-order valence-corrected chi connectivity index (χ1v) is 7.85. The Bertz CT molecular complexity index is 829. The fourth-order valence-electron chi connectivity index (χ4n) is 3.19. The first kappa shape index (κ1) is 13.9. The maximum Gasteiger partial charge on any atom is 0.254 e. The van der Waals surface area contributed by atoms with E-state index in [2.05, 4.69) is 20.4 Å². The van der Waals surface area contributed by atoms with E-state index in [4.69, 9.17) is 0 Å². The molecule has 0 spiro atoms. The maximum absolute atomic E-state index is 13.0. The lowest BCUT2D eigenvalue weighted by molar-refractivity contribution is 0.0606. The van der Waals surface area contributed by atoms with Crippen molar-refractivity contribution in [1.29, 1.82) is 0 Å². The molecule has 1 aliphatic rings. The molecule has 3 heterocycles. The van der Waals surface area contributed by atoms with Crippen LogP contribution < -0.4 is 0 Å². The van der Waals surface area contributed by atoms with Crippen LogP contribution in [0.5, 0.6) is 0 Å². The number of pyridine rings is 1. The van der Waals surface area contributed by atoms with Crippen molar-refractivity contribution in [2.75, 3.05) is 6.54 Å². The molecule has 0 bridgehead atoms. The summed E-state index contributed by atoms with van der Waals surface area (Å²) in [7, 11) is 0. The van der Waals surface area contributed by atoms with Gasteiger partial charge in [-0.15, -0.1) is 0 Å². The van der Waals surface area contributed by atoms with Crippen molar-refractivity contribution in [3.8, 4) is 0 Å². The van der Waals surface area contributed by atoms with Gasteiger partial charge in [0.25, 0.3) is 5.91 Å². The monoisotopic (exact) mass is 307 g/mol. The summed E-state index contributed by atoms with van der Waals surface area (Å²) in [4.78, 5) is 19.4. The van der Waals surface area contributed by atoms with Crippen molar-refractivity contribution in [3.05, 3.63) is 53.9 Å². The number of fused-ring (bicyclic) bond motifs is 1. The van der Waals surface area contributed by atoms with Gasteiger partial charge in [-0.25, -0.2) is 0 Å². The second-order valence-electron chi connectivity index (χ2n) is 5.79. The highest BCUT2D eigenvalue weighted by Gasteiger charge is 2.29. The number of carbonyl (C=O) groups excluding carboxylic acids is 1. The number of nitrogens with zero attached hydrogens (tertiary/aromatic N) is 4. The number of hydrogen-bond acceptors (Lipinski definition) is 4. The van der Waals surface area contributed by atoms with Crippen molar-refractivity contribution >= 4 is 16.9 Å². The minimum atomic E-state index is 0.0326. The van der Waals surface area contributed by atoms with E-state index >= 15 is 0 Å². The van der Waals surface area contributed by atoms with E-state index in [9.17, 15) is 4.79 Å². The van der Waals surface area contributed by atoms with Gasteiger partial charge < -0.3 is 4.90 Å². The van der Waals surface area contributed by atoms with Gasteiger partial charge in [0, 0.05) is 18.3 Å². The largest absolute Gasteiger partial charge is 0.330 e. The van der Waals surface area contributed by atoms with Gasteiger partial charge in [0.1, 0.15) is 11.0 Å². The van der Waals surface area contributed by atoms with Crippen molar-refractivity contribution in [1.82, 2.24) is 25.3 Å². The molecule has 0 aliphatic carbocycles. The Morgan fingerprint density at radius 1 is 1.13 bits per heavy atom. The Labute approximate surface area is 133 Å². The number of benzene rings is 1. The lowest BCUT2D eigenvalue weighted by Crippen LogP contribution is -2.38. The molecule has 2 aromatic heterocycles. The number of nitrogens with one attached hydrogen (secondary N) is 1. The van der Waals surface area contributed by atoms with Crippen molar-refractivity contribution < 1.29 is 4.79 Å². The summed E-state index contributed by atoms with van der Waals surface area (Å²) in [6, 6.07) is 11.4. The second kappa shape index (κ2) is 5.79. The molecule has 1 N–H and O–H groups in total. The quantitative estimate of drug-likeness (QED) is 0.790. The van der Waals surface area contributed by atoms with E-state index in [1.165, 1.54) is 0 Å². The van der Waals surface area contributed by atoms with Gasteiger partial charge in [-0.1, -0.05) is 6.07 Å². The van der Waals surface area contributed by atoms with Crippen molar-refractivity contribution in [3.63, 3.8) is 0 Å². The first-order valence-electron chi connectivity index (χ1n) is 7.85. The zero-order chi connectivity index (χ0) is 15.6. The number of aromatic nitrogens is 4. The van der Waals surface area contributed by atoms with Crippen LogP contribution in [0.4, 0.5) is 0 Å². The third-order valence-electron chi connectivity index (χ3n) is 4.36. The van der Waals surface area contributed by atoms with Crippen LogP contribution in [-0.2, 0) is 0 Å². The van der Waals surface area contributed by atoms with E-state index in [1.54, 1.807) is 12.3 Å². The summed E-state index contributed by atoms with van der Waals surface area (Å²) < 4.78 is 0. The lowest BCUT2D eigenvalue weighted by Gasteiger charge is -2.35. The minimum absolute atomic E-state index is 0.0326. The molecule has 1 aliphatic heterocycles. The summed E-state index contributed by atoms with van der Waals surface area (Å²) in [5.74, 6) is 0.0326. The number of amides is 1. The standard InChI is InChI=1S/C17H17N5O/c23-17(12-7-8-13-15(11-12)20-21-19-13)22-10-4-2-6-16(22)14-5-1-3-9-18-14/h1,3,5,7-9,11,16H,2,4,6,10H2,(H,19,20,21)/t16-/m0/s1. The van der Waals surface area contributed by atoms with Gasteiger partial charge in [-0.05, 0) is 49.6 Å². The van der Waals surface area contributed by atoms with E-state index < -0.39 is 0 Å². The zero-order valence-corrected chi connectivity index (χ0v) is 12.6. The normalized spacial score (nSPS) is 18.3. The van der Waals surface area contributed by atoms with E-state index in [-0.39, 0.29) is 11.9 Å². The van der Waals surface area contributed by atoms with Crippen LogP contribution in [-0.4, -0.2) is 37.7 Å². The molecule has 1 atom stereocenters. The average molecular weight is 307 g/mol. The molecule has 0 unspecified atom stereocenters. The van der Waals surface area contributed by atoms with E-state index in [1.807, 2.05) is 35.2 Å². The van der Waals surface area contributed by atoms with Crippen LogP contribution in [0.15, 0.2) is 42.6 Å². The number of piperidine rings is 1. The van der Waals surface area contributed by atoms with Gasteiger partial charge in [0.2, 0.25) is 0 Å². The van der Waals surface area contributed by atoms with Crippen LogP contribution in [0.3, 0.4) is 0 Å². The Kier molecular flexibility index (Phi) is 3.49. The van der Waals surface area contributed by atoms with E-state index in [0.29, 0.717) is 11.1 Å². The molecule has 6 heteroatoms. The Hall–Kier alpha value is -2.76. The van der Waals surface area contributed by atoms with Gasteiger partial charge in [0.15, 0.2) is 0 Å². The molecule has 4 rings (SSSR count). The van der Waals surface area contributed by atoms with Crippen LogP contribution in [0.2, 0.25) is 0 Å². The van der Waals surface area contributed by atoms with Gasteiger partial charge >= 0.3 is 0 Å². The summed E-state index contributed by atoms with van der Waals surface area (Å²) >= 11 is 0. The molecule has 1 amide bonds.